The lowest BCUT2D eigenvalue weighted by Gasteiger charge is -2.16. The minimum Gasteiger partial charge on any atom is -0.355 e. The van der Waals surface area contributed by atoms with Crippen molar-refractivity contribution in [3.8, 4) is 0 Å². The van der Waals surface area contributed by atoms with Crippen molar-refractivity contribution in [2.75, 3.05) is 5.32 Å². The van der Waals surface area contributed by atoms with Crippen molar-refractivity contribution in [2.45, 2.75) is 24.8 Å². The molecule has 18 heavy (non-hydrogen) atoms. The summed E-state index contributed by atoms with van der Waals surface area (Å²) in [6.07, 6.45) is 3.95. The fourth-order valence-corrected chi connectivity index (χ4v) is 2.53. The highest BCUT2D eigenvalue weighted by atomic mass is 32.1. The number of halogens is 2. The van der Waals surface area contributed by atoms with Crippen LogP contribution in [-0.2, 0) is 6.42 Å². The molecule has 0 amide bonds. The van der Waals surface area contributed by atoms with Gasteiger partial charge in [-0.15, -0.1) is 0 Å². The zero-order chi connectivity index (χ0) is 12.6. The van der Waals surface area contributed by atoms with E-state index in [4.69, 9.17) is 0 Å². The maximum Gasteiger partial charge on any atom is 0.202 e. The summed E-state index contributed by atoms with van der Waals surface area (Å²) in [7, 11) is 0. The van der Waals surface area contributed by atoms with Gasteiger partial charge in [-0.1, -0.05) is 6.07 Å². The predicted octanol–water partition coefficient (Wildman–Crippen LogP) is 3.00. The van der Waals surface area contributed by atoms with E-state index in [0.29, 0.717) is 12.0 Å². The van der Waals surface area contributed by atoms with Crippen LogP contribution in [0.2, 0.25) is 0 Å². The minimum absolute atomic E-state index is 0.141. The average molecular weight is 267 g/mol. The average Bonchev–Trinajstić information content (AvgIpc) is 2.86. The van der Waals surface area contributed by atoms with E-state index in [1.54, 1.807) is 0 Å². The summed E-state index contributed by atoms with van der Waals surface area (Å²) in [6.45, 7) is 0. The van der Waals surface area contributed by atoms with E-state index in [1.165, 1.54) is 30.0 Å². The monoisotopic (exact) mass is 267 g/mol. The molecule has 1 aromatic carbocycles. The SMILES string of the molecule is Fc1ccc(CC2(Nc3ncns3)CC2)c(F)c1. The van der Waals surface area contributed by atoms with Gasteiger partial charge in [-0.25, -0.2) is 13.8 Å². The largest absolute Gasteiger partial charge is 0.355 e. The summed E-state index contributed by atoms with van der Waals surface area (Å²) >= 11 is 1.28. The molecule has 0 atom stereocenters. The van der Waals surface area contributed by atoms with Gasteiger partial charge in [0.2, 0.25) is 5.13 Å². The van der Waals surface area contributed by atoms with Gasteiger partial charge in [0.05, 0.1) is 0 Å². The highest BCUT2D eigenvalue weighted by Gasteiger charge is 2.43. The van der Waals surface area contributed by atoms with Crippen molar-refractivity contribution >= 4 is 16.7 Å². The molecule has 94 valence electrons. The number of anilines is 1. The molecule has 1 aromatic heterocycles. The number of benzene rings is 1. The zero-order valence-corrected chi connectivity index (χ0v) is 10.3. The van der Waals surface area contributed by atoms with Gasteiger partial charge in [0.25, 0.3) is 0 Å². The third kappa shape index (κ3) is 2.33. The fraction of sp³-hybridized carbons (Fsp3) is 0.333. The summed E-state index contributed by atoms with van der Waals surface area (Å²) in [6, 6.07) is 3.72. The molecular weight excluding hydrogens is 256 g/mol. The minimum atomic E-state index is -0.543. The second-order valence-electron chi connectivity index (χ2n) is 4.56. The molecule has 6 heteroatoms. The van der Waals surface area contributed by atoms with Gasteiger partial charge in [0.1, 0.15) is 18.0 Å². The van der Waals surface area contributed by atoms with Crippen molar-refractivity contribution in [2.24, 2.45) is 0 Å². The molecule has 1 heterocycles. The summed E-state index contributed by atoms with van der Waals surface area (Å²) in [5, 5.41) is 4.03. The number of hydrogen-bond donors (Lipinski definition) is 1. The van der Waals surface area contributed by atoms with E-state index < -0.39 is 11.6 Å². The lowest BCUT2D eigenvalue weighted by molar-refractivity contribution is 0.563. The summed E-state index contributed by atoms with van der Waals surface area (Å²) in [4.78, 5) is 4.06. The van der Waals surface area contributed by atoms with Gasteiger partial charge in [0.15, 0.2) is 0 Å². The number of rotatable bonds is 4. The van der Waals surface area contributed by atoms with Crippen LogP contribution in [-0.4, -0.2) is 14.9 Å². The first-order chi connectivity index (χ1) is 8.67. The Morgan fingerprint density at radius 1 is 1.33 bits per heavy atom. The number of nitrogens with zero attached hydrogens (tertiary/aromatic N) is 2. The molecule has 3 nitrogen and oxygen atoms in total. The Bertz CT molecular complexity index is 552. The summed E-state index contributed by atoms with van der Waals surface area (Å²) < 4.78 is 30.3. The van der Waals surface area contributed by atoms with Gasteiger partial charge in [-0.05, 0) is 30.9 Å². The third-order valence-electron chi connectivity index (χ3n) is 3.13. The first-order valence-corrected chi connectivity index (χ1v) is 6.43. The van der Waals surface area contributed by atoms with Gasteiger partial charge < -0.3 is 5.32 Å². The second-order valence-corrected chi connectivity index (χ2v) is 5.34. The van der Waals surface area contributed by atoms with Crippen LogP contribution in [0.5, 0.6) is 0 Å². The molecule has 0 aliphatic heterocycles. The lowest BCUT2D eigenvalue weighted by Crippen LogP contribution is -2.24. The first-order valence-electron chi connectivity index (χ1n) is 5.66. The standard InChI is InChI=1S/C12H11F2N3S/c13-9-2-1-8(10(14)5-9)6-12(3-4-12)17-11-15-7-16-18-11/h1-2,5,7H,3-4,6H2,(H,15,16,17). The van der Waals surface area contributed by atoms with Gasteiger partial charge >= 0.3 is 0 Å². The van der Waals surface area contributed by atoms with Crippen LogP contribution in [0.3, 0.4) is 0 Å². The molecular formula is C12H11F2N3S. The molecule has 0 saturated heterocycles. The van der Waals surface area contributed by atoms with Crippen molar-refractivity contribution in [1.29, 1.82) is 0 Å². The van der Waals surface area contributed by atoms with Crippen molar-refractivity contribution in [3.05, 3.63) is 41.7 Å². The Labute approximate surface area is 107 Å². The first kappa shape index (κ1) is 11.5. The van der Waals surface area contributed by atoms with Crippen LogP contribution in [0.4, 0.5) is 13.9 Å². The number of nitrogens with one attached hydrogen (secondary N) is 1. The van der Waals surface area contributed by atoms with Crippen LogP contribution in [0.1, 0.15) is 18.4 Å². The highest BCUT2D eigenvalue weighted by Crippen LogP contribution is 2.42. The Morgan fingerprint density at radius 2 is 2.17 bits per heavy atom. The Kier molecular flexibility index (Phi) is 2.74. The normalized spacial score (nSPS) is 16.6. The van der Waals surface area contributed by atoms with Crippen LogP contribution in [0, 0.1) is 11.6 Å². The lowest BCUT2D eigenvalue weighted by atomic mass is 10.0. The number of hydrogen-bond acceptors (Lipinski definition) is 4. The van der Waals surface area contributed by atoms with E-state index in [2.05, 4.69) is 14.7 Å². The molecule has 3 rings (SSSR count). The molecule has 0 radical (unpaired) electrons. The molecule has 1 fully saturated rings. The zero-order valence-electron chi connectivity index (χ0n) is 9.49. The Hall–Kier alpha value is -1.56. The van der Waals surface area contributed by atoms with Gasteiger partial charge in [0, 0.05) is 23.1 Å². The van der Waals surface area contributed by atoms with E-state index in [9.17, 15) is 8.78 Å². The number of aromatic nitrogens is 2. The predicted molar refractivity (Wildman–Crippen MR) is 65.6 cm³/mol. The van der Waals surface area contributed by atoms with Gasteiger partial charge in [-0.3, -0.25) is 0 Å². The summed E-state index contributed by atoms with van der Waals surface area (Å²) in [5.41, 5.74) is 0.393. The Balaban J connectivity index is 1.75. The van der Waals surface area contributed by atoms with Crippen LogP contribution in [0.15, 0.2) is 24.5 Å². The highest BCUT2D eigenvalue weighted by molar-refractivity contribution is 7.09. The quantitative estimate of drug-likeness (QED) is 0.925. The maximum atomic E-state index is 13.6. The topological polar surface area (TPSA) is 37.8 Å². The molecule has 1 N–H and O–H groups in total. The molecule has 1 saturated carbocycles. The van der Waals surface area contributed by atoms with Crippen molar-refractivity contribution in [3.63, 3.8) is 0 Å². The third-order valence-corrected chi connectivity index (χ3v) is 3.71. The van der Waals surface area contributed by atoms with Crippen molar-refractivity contribution < 1.29 is 8.78 Å². The van der Waals surface area contributed by atoms with E-state index in [1.807, 2.05) is 0 Å². The van der Waals surface area contributed by atoms with E-state index >= 15 is 0 Å². The molecule has 1 aliphatic rings. The van der Waals surface area contributed by atoms with E-state index in [-0.39, 0.29) is 5.54 Å². The smallest absolute Gasteiger partial charge is 0.202 e. The second kappa shape index (κ2) is 4.28. The molecule has 1 aliphatic carbocycles. The fourth-order valence-electron chi connectivity index (χ4n) is 1.98. The molecule has 0 bridgehead atoms. The maximum absolute atomic E-state index is 13.6. The van der Waals surface area contributed by atoms with E-state index in [0.717, 1.165) is 24.0 Å². The van der Waals surface area contributed by atoms with Crippen molar-refractivity contribution in [1.82, 2.24) is 9.36 Å². The van der Waals surface area contributed by atoms with Crippen LogP contribution >= 0.6 is 11.5 Å². The van der Waals surface area contributed by atoms with Gasteiger partial charge in [-0.2, -0.15) is 4.37 Å². The summed E-state index contributed by atoms with van der Waals surface area (Å²) in [5.74, 6) is -1.03. The van der Waals surface area contributed by atoms with Crippen LogP contribution < -0.4 is 5.32 Å². The van der Waals surface area contributed by atoms with Crippen LogP contribution in [0.25, 0.3) is 0 Å². The molecule has 2 aromatic rings. The molecule has 0 spiro atoms. The molecule has 0 unspecified atom stereocenters. The Morgan fingerprint density at radius 3 is 2.78 bits per heavy atom.